The number of urea groups is 1. The first kappa shape index (κ1) is 12.2. The van der Waals surface area contributed by atoms with E-state index in [2.05, 4.69) is 10.6 Å². The molecule has 96 valence electrons. The molecule has 6 heteroatoms. The molecular formula is C11H18N2O4. The minimum absolute atomic E-state index is 0.105. The highest BCUT2D eigenvalue weighted by molar-refractivity contribution is 5.83. The zero-order valence-electron chi connectivity index (χ0n) is 9.65. The van der Waals surface area contributed by atoms with Crippen molar-refractivity contribution in [3.63, 3.8) is 0 Å². The van der Waals surface area contributed by atoms with Crippen LogP contribution in [0.4, 0.5) is 4.79 Å². The number of carboxylic acids is 1. The summed E-state index contributed by atoms with van der Waals surface area (Å²) in [6.07, 6.45) is 2.71. The Morgan fingerprint density at radius 1 is 1.35 bits per heavy atom. The number of nitrogens with one attached hydrogen (secondary N) is 2. The van der Waals surface area contributed by atoms with E-state index in [-0.39, 0.29) is 5.92 Å². The maximum atomic E-state index is 11.5. The van der Waals surface area contributed by atoms with Gasteiger partial charge in [0, 0.05) is 19.1 Å². The maximum Gasteiger partial charge on any atom is 0.326 e. The molecule has 2 fully saturated rings. The molecule has 1 aliphatic heterocycles. The first-order chi connectivity index (χ1) is 8.16. The smallest absolute Gasteiger partial charge is 0.326 e. The molecule has 0 aromatic heterocycles. The summed E-state index contributed by atoms with van der Waals surface area (Å²) in [4.78, 5) is 22.4. The number of amides is 2. The number of aliphatic carboxylic acids is 1. The van der Waals surface area contributed by atoms with Gasteiger partial charge in [-0.15, -0.1) is 0 Å². The van der Waals surface area contributed by atoms with Gasteiger partial charge in [0.2, 0.25) is 0 Å². The summed E-state index contributed by atoms with van der Waals surface area (Å²) >= 11 is 0. The molecule has 3 N–H and O–H groups in total. The minimum atomic E-state index is -0.952. The molecule has 0 radical (unpaired) electrons. The lowest BCUT2D eigenvalue weighted by Gasteiger charge is -2.15. The van der Waals surface area contributed by atoms with E-state index < -0.39 is 18.0 Å². The summed E-state index contributed by atoms with van der Waals surface area (Å²) in [5.41, 5.74) is 0. The summed E-state index contributed by atoms with van der Waals surface area (Å²) in [6.45, 7) is 1.96. The summed E-state index contributed by atoms with van der Waals surface area (Å²) in [5, 5.41) is 14.2. The molecule has 2 unspecified atom stereocenters. The van der Waals surface area contributed by atoms with Crippen LogP contribution in [0.3, 0.4) is 0 Å². The average molecular weight is 242 g/mol. The summed E-state index contributed by atoms with van der Waals surface area (Å²) < 4.78 is 5.19. The van der Waals surface area contributed by atoms with Crippen LogP contribution < -0.4 is 10.6 Å². The maximum absolute atomic E-state index is 11.5. The molecule has 0 bridgehead atoms. The summed E-state index contributed by atoms with van der Waals surface area (Å²) in [5.74, 6) is -0.495. The Morgan fingerprint density at radius 2 is 2.12 bits per heavy atom. The van der Waals surface area contributed by atoms with Gasteiger partial charge < -0.3 is 20.5 Å². The van der Waals surface area contributed by atoms with Crippen molar-refractivity contribution < 1.29 is 19.4 Å². The first-order valence-electron chi connectivity index (χ1n) is 6.01. The third-order valence-electron chi connectivity index (χ3n) is 3.22. The van der Waals surface area contributed by atoms with E-state index in [0.717, 1.165) is 25.9 Å². The fourth-order valence-electron chi connectivity index (χ4n) is 1.98. The van der Waals surface area contributed by atoms with E-state index in [1.54, 1.807) is 0 Å². The zero-order valence-corrected chi connectivity index (χ0v) is 9.65. The van der Waals surface area contributed by atoms with Crippen molar-refractivity contribution in [1.82, 2.24) is 10.6 Å². The predicted molar refractivity (Wildman–Crippen MR) is 59.6 cm³/mol. The van der Waals surface area contributed by atoms with Crippen molar-refractivity contribution in [2.75, 3.05) is 19.8 Å². The van der Waals surface area contributed by atoms with E-state index in [4.69, 9.17) is 9.84 Å². The molecule has 1 heterocycles. The van der Waals surface area contributed by atoms with E-state index in [1.807, 2.05) is 0 Å². The van der Waals surface area contributed by atoms with Crippen molar-refractivity contribution in [1.29, 1.82) is 0 Å². The lowest BCUT2D eigenvalue weighted by molar-refractivity contribution is -0.139. The molecule has 0 spiro atoms. The van der Waals surface area contributed by atoms with Crippen LogP contribution in [0.15, 0.2) is 0 Å². The van der Waals surface area contributed by atoms with E-state index >= 15 is 0 Å². The van der Waals surface area contributed by atoms with Gasteiger partial charge in [0.05, 0.1) is 6.61 Å². The van der Waals surface area contributed by atoms with Gasteiger partial charge in [-0.2, -0.15) is 0 Å². The molecule has 17 heavy (non-hydrogen) atoms. The highest BCUT2D eigenvalue weighted by Crippen LogP contribution is 2.32. The van der Waals surface area contributed by atoms with Crippen LogP contribution in [0, 0.1) is 11.8 Å². The van der Waals surface area contributed by atoms with Crippen LogP contribution in [0.1, 0.15) is 19.3 Å². The number of ether oxygens (including phenoxy) is 1. The summed E-state index contributed by atoms with van der Waals surface area (Å²) in [7, 11) is 0. The standard InChI is InChI=1S/C11H18N2O4/c14-10(15)9(8-1-2-8)13-11(16)12-5-7-3-4-17-6-7/h7-9H,1-6H2,(H,14,15)(H2,12,13,16). The lowest BCUT2D eigenvalue weighted by atomic mass is 10.1. The molecule has 6 nitrogen and oxygen atoms in total. The number of carboxylic acid groups (broad SMARTS) is 1. The second kappa shape index (κ2) is 5.35. The Bertz CT molecular complexity index is 298. The van der Waals surface area contributed by atoms with Crippen LogP contribution in [-0.2, 0) is 9.53 Å². The van der Waals surface area contributed by atoms with Gasteiger partial charge in [-0.05, 0) is 25.2 Å². The molecule has 2 atom stereocenters. The fourth-order valence-corrected chi connectivity index (χ4v) is 1.98. The second-order valence-electron chi connectivity index (χ2n) is 4.74. The van der Waals surface area contributed by atoms with Crippen molar-refractivity contribution in [3.05, 3.63) is 0 Å². The molecule has 0 aromatic rings. The Labute approximate surface area is 99.7 Å². The highest BCUT2D eigenvalue weighted by Gasteiger charge is 2.37. The molecular weight excluding hydrogens is 224 g/mol. The van der Waals surface area contributed by atoms with Gasteiger partial charge >= 0.3 is 12.0 Å². The van der Waals surface area contributed by atoms with Crippen LogP contribution in [-0.4, -0.2) is 42.9 Å². The third kappa shape index (κ3) is 3.59. The van der Waals surface area contributed by atoms with Crippen molar-refractivity contribution in [2.24, 2.45) is 11.8 Å². The van der Waals surface area contributed by atoms with Crippen molar-refractivity contribution in [2.45, 2.75) is 25.3 Å². The van der Waals surface area contributed by atoms with Crippen molar-refractivity contribution in [3.8, 4) is 0 Å². The quantitative estimate of drug-likeness (QED) is 0.642. The second-order valence-corrected chi connectivity index (χ2v) is 4.74. The van der Waals surface area contributed by atoms with Crippen LogP contribution in [0.5, 0.6) is 0 Å². The van der Waals surface area contributed by atoms with Crippen LogP contribution >= 0.6 is 0 Å². The fraction of sp³-hybridized carbons (Fsp3) is 0.818. The van der Waals surface area contributed by atoms with E-state index in [0.29, 0.717) is 19.1 Å². The van der Waals surface area contributed by atoms with E-state index in [1.165, 1.54) is 0 Å². The molecule has 1 saturated carbocycles. The van der Waals surface area contributed by atoms with Gasteiger partial charge in [0.1, 0.15) is 6.04 Å². The van der Waals surface area contributed by atoms with Crippen LogP contribution in [0.2, 0.25) is 0 Å². The molecule has 1 saturated heterocycles. The highest BCUT2D eigenvalue weighted by atomic mass is 16.5. The molecule has 2 aliphatic rings. The van der Waals surface area contributed by atoms with Gasteiger partial charge in [0.25, 0.3) is 0 Å². The first-order valence-corrected chi connectivity index (χ1v) is 6.01. The molecule has 2 amide bonds. The number of hydrogen-bond acceptors (Lipinski definition) is 3. The average Bonchev–Trinajstić information content (AvgIpc) is 2.99. The largest absolute Gasteiger partial charge is 0.480 e. The van der Waals surface area contributed by atoms with Gasteiger partial charge in [-0.3, -0.25) is 0 Å². The molecule has 0 aromatic carbocycles. The minimum Gasteiger partial charge on any atom is -0.480 e. The number of rotatable bonds is 5. The third-order valence-corrected chi connectivity index (χ3v) is 3.22. The van der Waals surface area contributed by atoms with Gasteiger partial charge in [-0.1, -0.05) is 0 Å². The lowest BCUT2D eigenvalue weighted by Crippen LogP contribution is -2.48. The number of carbonyl (C=O) groups excluding carboxylic acids is 1. The zero-order chi connectivity index (χ0) is 12.3. The SMILES string of the molecule is O=C(NCC1CCOC1)NC(C(=O)O)C1CC1. The van der Waals surface area contributed by atoms with Crippen molar-refractivity contribution >= 4 is 12.0 Å². The number of hydrogen-bond donors (Lipinski definition) is 3. The van der Waals surface area contributed by atoms with Crippen LogP contribution in [0.25, 0.3) is 0 Å². The molecule has 2 rings (SSSR count). The monoisotopic (exact) mass is 242 g/mol. The number of carbonyl (C=O) groups is 2. The van der Waals surface area contributed by atoms with E-state index in [9.17, 15) is 9.59 Å². The van der Waals surface area contributed by atoms with Gasteiger partial charge in [-0.25, -0.2) is 9.59 Å². The Balaban J connectivity index is 1.69. The van der Waals surface area contributed by atoms with Gasteiger partial charge in [0.15, 0.2) is 0 Å². The predicted octanol–water partition coefficient (Wildman–Crippen LogP) is 0.185. The summed E-state index contributed by atoms with van der Waals surface area (Å²) in [6, 6.07) is -1.13. The Morgan fingerprint density at radius 3 is 2.65 bits per heavy atom. The Kier molecular flexibility index (Phi) is 3.83. The Hall–Kier alpha value is -1.30. The normalized spacial score (nSPS) is 25.3. The topological polar surface area (TPSA) is 87.7 Å². The molecule has 1 aliphatic carbocycles.